The number of rotatable bonds is 6. The van der Waals surface area contributed by atoms with Crippen molar-refractivity contribution in [1.29, 1.82) is 0 Å². The zero-order valence-electron chi connectivity index (χ0n) is 10.7. The molecule has 1 aliphatic heterocycles. The van der Waals surface area contributed by atoms with Gasteiger partial charge in [-0.3, -0.25) is 4.79 Å². The van der Waals surface area contributed by atoms with E-state index < -0.39 is 0 Å². The van der Waals surface area contributed by atoms with Crippen LogP contribution in [0.15, 0.2) is 35.2 Å². The number of hydrogen-bond donors (Lipinski definition) is 2. The monoisotopic (exact) mass is 264 g/mol. The van der Waals surface area contributed by atoms with Gasteiger partial charge in [-0.15, -0.1) is 11.8 Å². The number of amides is 1. The average molecular weight is 264 g/mol. The molecule has 1 aromatic carbocycles. The van der Waals surface area contributed by atoms with Gasteiger partial charge >= 0.3 is 0 Å². The van der Waals surface area contributed by atoms with Crippen LogP contribution in [0.4, 0.5) is 0 Å². The average Bonchev–Trinajstić information content (AvgIpc) is 2.35. The summed E-state index contributed by atoms with van der Waals surface area (Å²) in [4.78, 5) is 13.2. The number of thioether (sulfide) groups is 1. The molecule has 2 N–H and O–H groups in total. The summed E-state index contributed by atoms with van der Waals surface area (Å²) in [6.45, 7) is 4.93. The number of hydrogen-bond acceptors (Lipinski definition) is 3. The summed E-state index contributed by atoms with van der Waals surface area (Å²) in [6, 6.07) is 10.1. The van der Waals surface area contributed by atoms with Crippen molar-refractivity contribution < 1.29 is 4.79 Å². The second kappa shape index (κ2) is 6.81. The fraction of sp³-hybridized carbons (Fsp3) is 0.500. The third-order valence-corrected chi connectivity index (χ3v) is 4.49. The lowest BCUT2D eigenvalue weighted by Crippen LogP contribution is -2.49. The quantitative estimate of drug-likeness (QED) is 0.771. The molecule has 0 radical (unpaired) electrons. The summed E-state index contributed by atoms with van der Waals surface area (Å²) in [6.07, 6.45) is 0.855. The summed E-state index contributed by atoms with van der Waals surface area (Å²) in [5, 5.41) is 6.28. The number of nitrogens with one attached hydrogen (secondary N) is 2. The van der Waals surface area contributed by atoms with E-state index in [4.69, 9.17) is 0 Å². The lowest BCUT2D eigenvalue weighted by Gasteiger charge is -2.27. The third kappa shape index (κ3) is 3.75. The Morgan fingerprint density at radius 3 is 2.72 bits per heavy atom. The highest BCUT2D eigenvalue weighted by atomic mass is 32.2. The first kappa shape index (κ1) is 13.4. The van der Waals surface area contributed by atoms with Crippen molar-refractivity contribution in [1.82, 2.24) is 10.6 Å². The Bertz CT molecular complexity index is 379. The van der Waals surface area contributed by atoms with Gasteiger partial charge in [0.1, 0.15) is 0 Å². The van der Waals surface area contributed by atoms with Crippen molar-refractivity contribution in [2.45, 2.75) is 23.5 Å². The molecule has 1 unspecified atom stereocenters. The van der Waals surface area contributed by atoms with Gasteiger partial charge in [0.2, 0.25) is 5.91 Å². The van der Waals surface area contributed by atoms with Gasteiger partial charge in [-0.2, -0.15) is 0 Å². The first-order valence-electron chi connectivity index (χ1n) is 6.49. The molecule has 1 heterocycles. The molecule has 0 bridgehead atoms. The van der Waals surface area contributed by atoms with Crippen LogP contribution in [0.25, 0.3) is 0 Å². The van der Waals surface area contributed by atoms with E-state index in [0.29, 0.717) is 5.92 Å². The van der Waals surface area contributed by atoms with Gasteiger partial charge in [0.15, 0.2) is 0 Å². The minimum absolute atomic E-state index is 0.0143. The molecule has 1 amide bonds. The number of benzene rings is 1. The summed E-state index contributed by atoms with van der Waals surface area (Å²) in [5.74, 6) is 0.784. The van der Waals surface area contributed by atoms with Crippen molar-refractivity contribution in [2.24, 2.45) is 5.92 Å². The molecular weight excluding hydrogens is 244 g/mol. The van der Waals surface area contributed by atoms with Crippen LogP contribution in [-0.4, -0.2) is 30.8 Å². The highest BCUT2D eigenvalue weighted by Gasteiger charge is 2.21. The van der Waals surface area contributed by atoms with Crippen LogP contribution in [0, 0.1) is 5.92 Å². The van der Waals surface area contributed by atoms with E-state index in [2.05, 4.69) is 29.7 Å². The van der Waals surface area contributed by atoms with E-state index >= 15 is 0 Å². The van der Waals surface area contributed by atoms with Crippen LogP contribution < -0.4 is 10.6 Å². The molecule has 98 valence electrons. The fourth-order valence-electron chi connectivity index (χ4n) is 1.84. The van der Waals surface area contributed by atoms with Crippen LogP contribution in [0.3, 0.4) is 0 Å². The molecule has 0 aliphatic carbocycles. The molecule has 2 rings (SSSR count). The fourth-order valence-corrected chi connectivity index (χ4v) is 2.84. The predicted molar refractivity (Wildman–Crippen MR) is 75.7 cm³/mol. The van der Waals surface area contributed by atoms with Crippen molar-refractivity contribution in [3.05, 3.63) is 30.3 Å². The van der Waals surface area contributed by atoms with E-state index in [1.165, 1.54) is 0 Å². The molecule has 4 heteroatoms. The van der Waals surface area contributed by atoms with Crippen LogP contribution in [0.2, 0.25) is 0 Å². The summed E-state index contributed by atoms with van der Waals surface area (Å²) in [5.41, 5.74) is 0. The minimum atomic E-state index is 0.0143. The van der Waals surface area contributed by atoms with E-state index in [-0.39, 0.29) is 11.2 Å². The number of carbonyl (C=O) groups excluding carboxylic acids is 1. The van der Waals surface area contributed by atoms with Crippen LogP contribution in [0.1, 0.15) is 13.3 Å². The molecule has 3 nitrogen and oxygen atoms in total. The molecule has 0 aromatic heterocycles. The van der Waals surface area contributed by atoms with E-state index in [1.54, 1.807) is 11.8 Å². The molecule has 1 atom stereocenters. The number of carbonyl (C=O) groups is 1. The smallest absolute Gasteiger partial charge is 0.233 e. The van der Waals surface area contributed by atoms with Crippen molar-refractivity contribution >= 4 is 17.7 Å². The van der Waals surface area contributed by atoms with E-state index in [9.17, 15) is 4.79 Å². The van der Waals surface area contributed by atoms with Gasteiger partial charge in [0.05, 0.1) is 5.25 Å². The highest BCUT2D eigenvalue weighted by Crippen LogP contribution is 2.25. The van der Waals surface area contributed by atoms with Crippen LogP contribution >= 0.6 is 11.8 Å². The normalized spacial score (nSPS) is 16.9. The standard InChI is InChI=1S/C14H20N2OS/c1-2-13(18-12-6-4-3-5-7-12)14(17)16-10-11-8-15-9-11/h3-7,11,13,15H,2,8-10H2,1H3,(H,16,17). The Labute approximate surface area is 113 Å². The zero-order chi connectivity index (χ0) is 12.8. The van der Waals surface area contributed by atoms with Gasteiger partial charge in [0, 0.05) is 30.4 Å². The van der Waals surface area contributed by atoms with Gasteiger partial charge in [-0.25, -0.2) is 0 Å². The Hall–Kier alpha value is -1.00. The third-order valence-electron chi connectivity index (χ3n) is 3.12. The maximum absolute atomic E-state index is 12.1. The Kier molecular flexibility index (Phi) is 5.08. The zero-order valence-corrected chi connectivity index (χ0v) is 11.5. The SMILES string of the molecule is CCC(Sc1ccccc1)C(=O)NCC1CNC1. The first-order valence-corrected chi connectivity index (χ1v) is 7.37. The maximum atomic E-state index is 12.1. The van der Waals surface area contributed by atoms with Crippen molar-refractivity contribution in [3.63, 3.8) is 0 Å². The van der Waals surface area contributed by atoms with Gasteiger partial charge < -0.3 is 10.6 Å². The molecular formula is C14H20N2OS. The first-order chi connectivity index (χ1) is 8.79. The Balaban J connectivity index is 1.81. The molecule has 1 fully saturated rings. The van der Waals surface area contributed by atoms with Gasteiger partial charge in [-0.05, 0) is 18.6 Å². The Morgan fingerprint density at radius 1 is 1.44 bits per heavy atom. The lowest BCUT2D eigenvalue weighted by molar-refractivity contribution is -0.120. The molecule has 1 aliphatic rings. The van der Waals surface area contributed by atoms with Gasteiger partial charge in [-0.1, -0.05) is 25.1 Å². The molecule has 1 saturated heterocycles. The van der Waals surface area contributed by atoms with Gasteiger partial charge in [0.25, 0.3) is 0 Å². The summed E-state index contributed by atoms with van der Waals surface area (Å²) >= 11 is 1.65. The minimum Gasteiger partial charge on any atom is -0.355 e. The lowest BCUT2D eigenvalue weighted by atomic mass is 10.0. The molecule has 1 aromatic rings. The highest BCUT2D eigenvalue weighted by molar-refractivity contribution is 8.00. The second-order valence-corrected chi connectivity index (χ2v) is 5.87. The molecule has 0 spiro atoms. The van der Waals surface area contributed by atoms with E-state index in [0.717, 1.165) is 31.0 Å². The topological polar surface area (TPSA) is 41.1 Å². The van der Waals surface area contributed by atoms with Crippen LogP contribution in [0.5, 0.6) is 0 Å². The second-order valence-electron chi connectivity index (χ2n) is 4.60. The maximum Gasteiger partial charge on any atom is 0.233 e. The molecule has 0 saturated carbocycles. The molecule has 18 heavy (non-hydrogen) atoms. The van der Waals surface area contributed by atoms with Crippen molar-refractivity contribution in [3.8, 4) is 0 Å². The summed E-state index contributed by atoms with van der Waals surface area (Å²) in [7, 11) is 0. The largest absolute Gasteiger partial charge is 0.355 e. The van der Waals surface area contributed by atoms with Crippen molar-refractivity contribution in [2.75, 3.05) is 19.6 Å². The predicted octanol–water partition coefficient (Wildman–Crippen LogP) is 1.89. The summed E-state index contributed by atoms with van der Waals surface area (Å²) < 4.78 is 0. The Morgan fingerprint density at radius 2 is 2.17 bits per heavy atom. The van der Waals surface area contributed by atoms with Crippen LogP contribution in [-0.2, 0) is 4.79 Å². The van der Waals surface area contributed by atoms with E-state index in [1.807, 2.05) is 18.2 Å².